The summed E-state index contributed by atoms with van der Waals surface area (Å²) < 4.78 is 31.3. The zero-order chi connectivity index (χ0) is 14.3. The Labute approximate surface area is 111 Å². The van der Waals surface area contributed by atoms with Gasteiger partial charge in [-0.3, -0.25) is 4.79 Å². The number of carbonyl (C=O) groups excluding carboxylic acids is 1. The summed E-state index contributed by atoms with van der Waals surface area (Å²) in [6.07, 6.45) is 0. The molecule has 0 radical (unpaired) electrons. The molecule has 1 rings (SSSR count). The molecule has 6 heteroatoms. The lowest BCUT2D eigenvalue weighted by molar-refractivity contribution is -0.120. The van der Waals surface area contributed by atoms with Gasteiger partial charge in [0.05, 0.1) is 19.2 Å². The molecule has 0 aliphatic rings. The van der Waals surface area contributed by atoms with Crippen LogP contribution in [0.4, 0.5) is 8.78 Å². The average Bonchev–Trinajstić information content (AvgIpc) is 2.37. The minimum atomic E-state index is -0.590. The van der Waals surface area contributed by atoms with Crippen molar-refractivity contribution in [2.75, 3.05) is 26.8 Å². The normalized spacial score (nSPS) is 12.2. The molecule has 1 unspecified atom stereocenters. The summed E-state index contributed by atoms with van der Waals surface area (Å²) in [5.74, 6) is -1.36. The first-order chi connectivity index (χ1) is 9.04. The van der Waals surface area contributed by atoms with Crippen LogP contribution in [0.25, 0.3) is 0 Å². The van der Waals surface area contributed by atoms with E-state index >= 15 is 0 Å². The van der Waals surface area contributed by atoms with Crippen molar-refractivity contribution >= 4 is 5.91 Å². The van der Waals surface area contributed by atoms with Gasteiger partial charge in [-0.1, -0.05) is 0 Å². The van der Waals surface area contributed by atoms with Crippen LogP contribution in [0.2, 0.25) is 0 Å². The van der Waals surface area contributed by atoms with Gasteiger partial charge in [0.1, 0.15) is 11.6 Å². The second-order valence-corrected chi connectivity index (χ2v) is 4.12. The Morgan fingerprint density at radius 2 is 2.16 bits per heavy atom. The number of hydrogen-bond acceptors (Lipinski definition) is 3. The highest BCUT2D eigenvalue weighted by atomic mass is 19.1. The van der Waals surface area contributed by atoms with E-state index in [4.69, 9.17) is 4.74 Å². The predicted molar refractivity (Wildman–Crippen MR) is 67.7 cm³/mol. The average molecular weight is 272 g/mol. The number of halogens is 2. The van der Waals surface area contributed by atoms with Crippen molar-refractivity contribution in [3.05, 3.63) is 35.4 Å². The zero-order valence-corrected chi connectivity index (χ0v) is 11.0. The monoisotopic (exact) mass is 272 g/mol. The van der Waals surface area contributed by atoms with Gasteiger partial charge in [-0.25, -0.2) is 8.78 Å². The molecule has 0 bridgehead atoms. The number of methoxy groups -OCH3 is 1. The summed E-state index contributed by atoms with van der Waals surface area (Å²) in [6, 6.07) is 2.58. The van der Waals surface area contributed by atoms with Gasteiger partial charge in [-0.2, -0.15) is 0 Å². The summed E-state index contributed by atoms with van der Waals surface area (Å²) in [5, 5.41) is 5.46. The van der Waals surface area contributed by atoms with E-state index in [0.717, 1.165) is 18.2 Å². The number of nitrogens with one attached hydrogen (secondary N) is 2. The maximum atomic E-state index is 13.5. The number of hydrogen-bond donors (Lipinski definition) is 2. The van der Waals surface area contributed by atoms with Gasteiger partial charge in [-0.05, 0) is 25.1 Å². The lowest BCUT2D eigenvalue weighted by Crippen LogP contribution is -2.36. The Morgan fingerprint density at radius 3 is 2.84 bits per heavy atom. The molecule has 1 aromatic rings. The topological polar surface area (TPSA) is 50.4 Å². The minimum Gasteiger partial charge on any atom is -0.383 e. The van der Waals surface area contributed by atoms with Crippen molar-refractivity contribution in [1.82, 2.24) is 10.6 Å². The molecule has 0 saturated carbocycles. The standard InChI is InChI=1S/C13H18F2N2O2/c1-9(11-7-10(14)3-4-12(11)15)17-13(18)8-16-5-6-19-2/h3-4,7,9,16H,5-6,8H2,1-2H3,(H,17,18). The summed E-state index contributed by atoms with van der Waals surface area (Å²) >= 11 is 0. The molecule has 0 spiro atoms. The number of carbonyl (C=O) groups is 1. The number of ether oxygens (including phenoxy) is 1. The third-order valence-corrected chi connectivity index (χ3v) is 2.57. The third-order valence-electron chi connectivity index (χ3n) is 2.57. The Balaban J connectivity index is 2.47. The summed E-state index contributed by atoms with van der Waals surface area (Å²) in [5.41, 5.74) is 0.130. The van der Waals surface area contributed by atoms with Crippen molar-refractivity contribution in [3.63, 3.8) is 0 Å². The first-order valence-corrected chi connectivity index (χ1v) is 5.98. The zero-order valence-electron chi connectivity index (χ0n) is 11.0. The van der Waals surface area contributed by atoms with Gasteiger partial charge in [0.15, 0.2) is 0 Å². The third kappa shape index (κ3) is 5.32. The molecule has 1 aromatic carbocycles. The molecule has 0 aliphatic carbocycles. The fourth-order valence-corrected chi connectivity index (χ4v) is 1.59. The SMILES string of the molecule is COCCNCC(=O)NC(C)c1cc(F)ccc1F. The Hall–Kier alpha value is -1.53. The summed E-state index contributed by atoms with van der Waals surface area (Å²) in [7, 11) is 1.57. The van der Waals surface area contributed by atoms with Crippen molar-refractivity contribution < 1.29 is 18.3 Å². The van der Waals surface area contributed by atoms with Crippen LogP contribution in [0.15, 0.2) is 18.2 Å². The van der Waals surface area contributed by atoms with E-state index in [-0.39, 0.29) is 18.0 Å². The molecule has 19 heavy (non-hydrogen) atoms. The van der Waals surface area contributed by atoms with Gasteiger partial charge >= 0.3 is 0 Å². The molecule has 0 saturated heterocycles. The van der Waals surface area contributed by atoms with Crippen LogP contribution in [-0.2, 0) is 9.53 Å². The van der Waals surface area contributed by atoms with Gasteiger partial charge in [0.25, 0.3) is 0 Å². The first-order valence-electron chi connectivity index (χ1n) is 5.98. The largest absolute Gasteiger partial charge is 0.383 e. The molecule has 1 amide bonds. The number of benzene rings is 1. The molecule has 4 nitrogen and oxygen atoms in total. The van der Waals surface area contributed by atoms with E-state index in [1.807, 2.05) is 0 Å². The second kappa shape index (κ2) is 7.81. The second-order valence-electron chi connectivity index (χ2n) is 4.12. The fourth-order valence-electron chi connectivity index (χ4n) is 1.59. The summed E-state index contributed by atoms with van der Waals surface area (Å²) in [6.45, 7) is 2.75. The smallest absolute Gasteiger partial charge is 0.234 e. The van der Waals surface area contributed by atoms with E-state index < -0.39 is 17.7 Å². The van der Waals surface area contributed by atoms with E-state index in [9.17, 15) is 13.6 Å². The van der Waals surface area contributed by atoms with Crippen molar-refractivity contribution in [2.24, 2.45) is 0 Å². The number of rotatable bonds is 7. The summed E-state index contributed by atoms with van der Waals surface area (Å²) in [4.78, 5) is 11.6. The van der Waals surface area contributed by atoms with Crippen molar-refractivity contribution in [1.29, 1.82) is 0 Å². The molecular formula is C13H18F2N2O2. The lowest BCUT2D eigenvalue weighted by Gasteiger charge is -2.15. The van der Waals surface area contributed by atoms with Crippen LogP contribution >= 0.6 is 0 Å². The van der Waals surface area contributed by atoms with Gasteiger partial charge < -0.3 is 15.4 Å². The minimum absolute atomic E-state index is 0.102. The van der Waals surface area contributed by atoms with Gasteiger partial charge in [-0.15, -0.1) is 0 Å². The maximum absolute atomic E-state index is 13.5. The van der Waals surface area contributed by atoms with Crippen LogP contribution in [-0.4, -0.2) is 32.7 Å². The Kier molecular flexibility index (Phi) is 6.38. The lowest BCUT2D eigenvalue weighted by atomic mass is 10.1. The van der Waals surface area contributed by atoms with Crippen LogP contribution in [0, 0.1) is 11.6 Å². The van der Waals surface area contributed by atoms with E-state index in [0.29, 0.717) is 13.2 Å². The first kappa shape index (κ1) is 15.5. The highest BCUT2D eigenvalue weighted by Gasteiger charge is 2.14. The molecule has 0 heterocycles. The molecule has 0 aromatic heterocycles. The highest BCUT2D eigenvalue weighted by molar-refractivity contribution is 5.78. The molecule has 1 atom stereocenters. The van der Waals surface area contributed by atoms with E-state index in [2.05, 4.69) is 10.6 Å². The molecule has 106 valence electrons. The Bertz CT molecular complexity index is 427. The molecule has 2 N–H and O–H groups in total. The van der Waals surface area contributed by atoms with Gasteiger partial charge in [0.2, 0.25) is 5.91 Å². The molecule has 0 fully saturated rings. The van der Waals surface area contributed by atoms with Gasteiger partial charge in [0, 0.05) is 19.2 Å². The van der Waals surface area contributed by atoms with Crippen LogP contribution in [0.1, 0.15) is 18.5 Å². The highest BCUT2D eigenvalue weighted by Crippen LogP contribution is 2.17. The number of amides is 1. The molecular weight excluding hydrogens is 254 g/mol. The van der Waals surface area contributed by atoms with E-state index in [1.54, 1.807) is 14.0 Å². The maximum Gasteiger partial charge on any atom is 0.234 e. The van der Waals surface area contributed by atoms with E-state index in [1.165, 1.54) is 0 Å². The van der Waals surface area contributed by atoms with Crippen LogP contribution < -0.4 is 10.6 Å². The Morgan fingerprint density at radius 1 is 1.42 bits per heavy atom. The van der Waals surface area contributed by atoms with Crippen LogP contribution in [0.5, 0.6) is 0 Å². The quantitative estimate of drug-likeness (QED) is 0.737. The van der Waals surface area contributed by atoms with Crippen molar-refractivity contribution in [2.45, 2.75) is 13.0 Å². The predicted octanol–water partition coefficient (Wildman–Crippen LogP) is 1.38. The molecule has 0 aliphatic heterocycles. The van der Waals surface area contributed by atoms with Crippen LogP contribution in [0.3, 0.4) is 0 Å². The van der Waals surface area contributed by atoms with Crippen molar-refractivity contribution in [3.8, 4) is 0 Å². The fraction of sp³-hybridized carbons (Fsp3) is 0.462.